The standard InChI is InChI=1S/C19H36OSi2/c1-17(13-11-12-14-21(6,7)8)15-18(2)16-20-22(9,10)19(3,4)5/h11,13,15,18H,16H2,1-10H3/b13-11+,17-15-/t18-/m1/s1. The third-order valence-electron chi connectivity index (χ3n) is 3.94. The van der Waals surface area contributed by atoms with E-state index in [0.717, 1.165) is 6.61 Å². The van der Waals surface area contributed by atoms with Gasteiger partial charge in [0.1, 0.15) is 8.07 Å². The molecule has 3 heteroatoms. The topological polar surface area (TPSA) is 9.23 Å². The van der Waals surface area contributed by atoms with E-state index in [1.165, 1.54) is 5.57 Å². The fourth-order valence-electron chi connectivity index (χ4n) is 1.54. The van der Waals surface area contributed by atoms with Crippen LogP contribution in [-0.4, -0.2) is 23.0 Å². The van der Waals surface area contributed by atoms with Gasteiger partial charge in [-0.25, -0.2) is 0 Å². The van der Waals surface area contributed by atoms with Gasteiger partial charge >= 0.3 is 0 Å². The van der Waals surface area contributed by atoms with Crippen LogP contribution in [0.5, 0.6) is 0 Å². The molecule has 0 heterocycles. The molecule has 126 valence electrons. The SMILES string of the molecule is CC(=C/[C@@H](C)CO[Si](C)(C)C(C)(C)C)/C=C/C#C[Si](C)(C)C. The average molecular weight is 337 g/mol. The molecule has 0 aromatic rings. The Morgan fingerprint density at radius 2 is 1.68 bits per heavy atom. The van der Waals surface area contributed by atoms with E-state index in [-0.39, 0.29) is 5.04 Å². The maximum atomic E-state index is 6.27. The average Bonchev–Trinajstić information content (AvgIpc) is 2.30. The quantitative estimate of drug-likeness (QED) is 0.338. The van der Waals surface area contributed by atoms with E-state index in [4.69, 9.17) is 4.43 Å². The predicted octanol–water partition coefficient (Wildman–Crippen LogP) is 6.03. The zero-order valence-electron chi connectivity index (χ0n) is 16.4. The second-order valence-corrected chi connectivity index (χ2v) is 18.4. The fourth-order valence-corrected chi connectivity index (χ4v) is 3.17. The van der Waals surface area contributed by atoms with Crippen LogP contribution in [0.25, 0.3) is 0 Å². The van der Waals surface area contributed by atoms with Gasteiger partial charge in [-0.05, 0) is 37.0 Å². The summed E-state index contributed by atoms with van der Waals surface area (Å²) >= 11 is 0. The van der Waals surface area contributed by atoms with Crippen LogP contribution in [0, 0.1) is 17.4 Å². The molecule has 0 aliphatic carbocycles. The second kappa shape index (κ2) is 8.33. The summed E-state index contributed by atoms with van der Waals surface area (Å²) in [5.41, 5.74) is 4.61. The lowest BCUT2D eigenvalue weighted by molar-refractivity contribution is 0.259. The van der Waals surface area contributed by atoms with Gasteiger partial charge in [0.2, 0.25) is 0 Å². The van der Waals surface area contributed by atoms with Gasteiger partial charge in [-0.15, -0.1) is 5.54 Å². The summed E-state index contributed by atoms with van der Waals surface area (Å²) in [4.78, 5) is 0. The normalized spacial score (nSPS) is 15.6. The molecule has 0 fully saturated rings. The molecule has 0 aliphatic heterocycles. The molecule has 0 aromatic carbocycles. The van der Waals surface area contributed by atoms with Crippen LogP contribution in [0.15, 0.2) is 23.8 Å². The van der Waals surface area contributed by atoms with Crippen molar-refractivity contribution in [2.75, 3.05) is 6.61 Å². The Morgan fingerprint density at radius 1 is 1.14 bits per heavy atom. The Labute approximate surface area is 141 Å². The highest BCUT2D eigenvalue weighted by Gasteiger charge is 2.37. The van der Waals surface area contributed by atoms with Crippen molar-refractivity contribution < 1.29 is 4.43 Å². The van der Waals surface area contributed by atoms with E-state index in [0.29, 0.717) is 5.92 Å². The first-order valence-electron chi connectivity index (χ1n) is 8.26. The van der Waals surface area contributed by atoms with Crippen molar-refractivity contribution in [2.45, 2.75) is 72.4 Å². The Kier molecular flexibility index (Phi) is 8.12. The van der Waals surface area contributed by atoms with Gasteiger partial charge in [-0.1, -0.05) is 71.0 Å². The zero-order chi connectivity index (χ0) is 17.6. The maximum Gasteiger partial charge on any atom is 0.192 e. The molecule has 1 nitrogen and oxygen atoms in total. The highest BCUT2D eigenvalue weighted by molar-refractivity contribution is 6.83. The monoisotopic (exact) mass is 336 g/mol. The summed E-state index contributed by atoms with van der Waals surface area (Å²) in [6.07, 6.45) is 6.36. The predicted molar refractivity (Wildman–Crippen MR) is 106 cm³/mol. The van der Waals surface area contributed by atoms with Crippen LogP contribution < -0.4 is 0 Å². The first kappa shape index (κ1) is 21.4. The lowest BCUT2D eigenvalue weighted by Gasteiger charge is -2.36. The smallest absolute Gasteiger partial charge is 0.192 e. The summed E-state index contributed by atoms with van der Waals surface area (Å²) in [6, 6.07) is 0. The van der Waals surface area contributed by atoms with Crippen molar-refractivity contribution in [3.8, 4) is 11.5 Å². The van der Waals surface area contributed by atoms with Crippen molar-refractivity contribution in [3.63, 3.8) is 0 Å². The summed E-state index contributed by atoms with van der Waals surface area (Å²) in [5, 5.41) is 0.276. The van der Waals surface area contributed by atoms with E-state index in [1.54, 1.807) is 0 Å². The van der Waals surface area contributed by atoms with Crippen LogP contribution >= 0.6 is 0 Å². The Balaban J connectivity index is 4.54. The van der Waals surface area contributed by atoms with Crippen molar-refractivity contribution in [1.29, 1.82) is 0 Å². The molecule has 0 spiro atoms. The van der Waals surface area contributed by atoms with E-state index >= 15 is 0 Å². The molecule has 0 aliphatic rings. The van der Waals surface area contributed by atoms with Crippen molar-refractivity contribution in [2.24, 2.45) is 5.92 Å². The van der Waals surface area contributed by atoms with E-state index in [2.05, 4.69) is 91.0 Å². The molecular formula is C19H36OSi2. The van der Waals surface area contributed by atoms with Crippen LogP contribution in [0.2, 0.25) is 37.8 Å². The number of allylic oxidation sites excluding steroid dienone is 3. The summed E-state index contributed by atoms with van der Waals surface area (Å²) in [7, 11) is -2.90. The molecule has 22 heavy (non-hydrogen) atoms. The number of rotatable bonds is 5. The van der Waals surface area contributed by atoms with Gasteiger partial charge in [0.05, 0.1) is 0 Å². The molecule has 0 aromatic heterocycles. The van der Waals surface area contributed by atoms with Gasteiger partial charge in [0.25, 0.3) is 0 Å². The maximum absolute atomic E-state index is 6.27. The number of hydrogen-bond donors (Lipinski definition) is 0. The summed E-state index contributed by atoms with van der Waals surface area (Å²) in [5.74, 6) is 3.61. The van der Waals surface area contributed by atoms with Gasteiger partial charge in [-0.3, -0.25) is 0 Å². The molecule has 0 N–H and O–H groups in total. The minimum absolute atomic E-state index is 0.276. The molecule has 0 radical (unpaired) electrons. The molecular weight excluding hydrogens is 300 g/mol. The molecule has 0 saturated carbocycles. The van der Waals surface area contributed by atoms with Crippen LogP contribution in [-0.2, 0) is 4.43 Å². The fraction of sp³-hybridized carbons (Fsp3) is 0.684. The summed E-state index contributed by atoms with van der Waals surface area (Å²) in [6.45, 7) is 23.4. The molecule has 1 atom stereocenters. The van der Waals surface area contributed by atoms with E-state index < -0.39 is 16.4 Å². The van der Waals surface area contributed by atoms with Crippen molar-refractivity contribution >= 4 is 16.4 Å². The number of hydrogen-bond acceptors (Lipinski definition) is 1. The first-order chi connectivity index (χ1) is 9.74. The van der Waals surface area contributed by atoms with Crippen LogP contribution in [0.3, 0.4) is 0 Å². The molecule has 0 rings (SSSR count). The third kappa shape index (κ3) is 9.45. The lowest BCUT2D eigenvalue weighted by atomic mass is 10.1. The first-order valence-corrected chi connectivity index (χ1v) is 14.7. The van der Waals surface area contributed by atoms with E-state index in [9.17, 15) is 0 Å². The largest absolute Gasteiger partial charge is 0.416 e. The third-order valence-corrected chi connectivity index (χ3v) is 9.33. The lowest BCUT2D eigenvalue weighted by Crippen LogP contribution is -2.41. The van der Waals surface area contributed by atoms with Crippen molar-refractivity contribution in [1.82, 2.24) is 0 Å². The highest BCUT2D eigenvalue weighted by Crippen LogP contribution is 2.36. The van der Waals surface area contributed by atoms with Crippen LogP contribution in [0.1, 0.15) is 34.6 Å². The minimum atomic E-state index is -1.64. The van der Waals surface area contributed by atoms with Gasteiger partial charge < -0.3 is 4.43 Å². The van der Waals surface area contributed by atoms with Gasteiger partial charge in [0, 0.05) is 6.61 Å². The van der Waals surface area contributed by atoms with E-state index in [1.807, 2.05) is 6.08 Å². The van der Waals surface area contributed by atoms with Crippen LogP contribution in [0.4, 0.5) is 0 Å². The second-order valence-electron chi connectivity index (χ2n) is 8.81. The minimum Gasteiger partial charge on any atom is -0.416 e. The molecule has 0 saturated heterocycles. The Hall–Kier alpha value is -0.566. The zero-order valence-corrected chi connectivity index (χ0v) is 18.4. The molecule has 0 unspecified atom stereocenters. The van der Waals surface area contributed by atoms with Crippen molar-refractivity contribution in [3.05, 3.63) is 23.8 Å². The van der Waals surface area contributed by atoms with Gasteiger partial charge in [0.15, 0.2) is 8.32 Å². The molecule has 0 amide bonds. The molecule has 0 bridgehead atoms. The summed E-state index contributed by atoms with van der Waals surface area (Å²) < 4.78 is 6.27. The van der Waals surface area contributed by atoms with Gasteiger partial charge in [-0.2, -0.15) is 0 Å². The Bertz CT molecular complexity index is 462. The highest BCUT2D eigenvalue weighted by atomic mass is 28.4. The Morgan fingerprint density at radius 3 is 2.14 bits per heavy atom.